The molecule has 0 spiro atoms. The number of thiazole rings is 1. The van der Waals surface area contributed by atoms with Crippen molar-refractivity contribution in [3.05, 3.63) is 53.4 Å². The van der Waals surface area contributed by atoms with Gasteiger partial charge in [0.2, 0.25) is 5.91 Å². The fourth-order valence-corrected chi connectivity index (χ4v) is 4.15. The zero-order valence-electron chi connectivity index (χ0n) is 16.8. The van der Waals surface area contributed by atoms with Crippen LogP contribution in [0.4, 0.5) is 10.9 Å². The van der Waals surface area contributed by atoms with Crippen LogP contribution >= 0.6 is 23.7 Å². The first-order valence-corrected chi connectivity index (χ1v) is 10.5. The number of anilines is 2. The molecule has 0 unspecified atom stereocenters. The van der Waals surface area contributed by atoms with Gasteiger partial charge in [0.25, 0.3) is 0 Å². The van der Waals surface area contributed by atoms with Crippen LogP contribution in [0.25, 0.3) is 0 Å². The van der Waals surface area contributed by atoms with Gasteiger partial charge in [-0.3, -0.25) is 9.78 Å². The first-order valence-electron chi connectivity index (χ1n) is 9.58. The molecule has 1 aliphatic heterocycles. The van der Waals surface area contributed by atoms with Crippen LogP contribution in [-0.4, -0.2) is 38.8 Å². The number of hydrogen-bond donors (Lipinski definition) is 1. The Morgan fingerprint density at radius 1 is 1.32 bits per heavy atom. The minimum absolute atomic E-state index is 0. The predicted octanol–water partition coefficient (Wildman–Crippen LogP) is 4.49. The fraction of sp³-hybridized carbons (Fsp3) is 0.286. The molecule has 0 aliphatic carbocycles. The number of halogens is 1. The van der Waals surface area contributed by atoms with E-state index >= 15 is 0 Å². The summed E-state index contributed by atoms with van der Waals surface area (Å²) in [4.78, 5) is 26.4. The number of amides is 1. The van der Waals surface area contributed by atoms with Gasteiger partial charge in [0.05, 0.1) is 17.5 Å². The third-order valence-corrected chi connectivity index (χ3v) is 5.76. The summed E-state index contributed by atoms with van der Waals surface area (Å²) in [6, 6.07) is 7.16. The highest BCUT2D eigenvalue weighted by Gasteiger charge is 2.23. The summed E-state index contributed by atoms with van der Waals surface area (Å²) in [6.07, 6.45) is 6.55. The summed E-state index contributed by atoms with van der Waals surface area (Å²) in [5.74, 6) is 2.04. The molecule has 3 aromatic rings. The van der Waals surface area contributed by atoms with Crippen LogP contribution in [0.3, 0.4) is 0 Å². The standard InChI is InChI=1S/C21H20N6O2S.ClH/c1-14(28)27-8-4-15(5-9-27)18-13-30-21(25-18)26-20-10-17(3-7-24-20)29-19-12-23-6-2-16(19)11-22;/h2-3,6-7,10,12-13,15H,4-5,8-9H2,1H3,(H,24,25,26);1H. The Hall–Kier alpha value is -3.22. The number of rotatable bonds is 5. The van der Waals surface area contributed by atoms with E-state index in [1.807, 2.05) is 4.90 Å². The van der Waals surface area contributed by atoms with E-state index in [2.05, 4.69) is 26.7 Å². The van der Waals surface area contributed by atoms with E-state index in [9.17, 15) is 10.1 Å². The number of nitriles is 1. The molecule has 0 aromatic carbocycles. The summed E-state index contributed by atoms with van der Waals surface area (Å²) in [5, 5.41) is 15.2. The maximum absolute atomic E-state index is 11.5. The Balaban J connectivity index is 0.00000272. The van der Waals surface area contributed by atoms with Crippen molar-refractivity contribution in [3.63, 3.8) is 0 Å². The number of pyridine rings is 2. The van der Waals surface area contributed by atoms with Gasteiger partial charge < -0.3 is 15.0 Å². The van der Waals surface area contributed by atoms with Crippen molar-refractivity contribution in [1.29, 1.82) is 5.26 Å². The predicted molar refractivity (Wildman–Crippen MR) is 120 cm³/mol. The van der Waals surface area contributed by atoms with E-state index in [1.54, 1.807) is 37.5 Å². The Morgan fingerprint density at radius 2 is 2.13 bits per heavy atom. The number of aromatic nitrogens is 3. The lowest BCUT2D eigenvalue weighted by atomic mass is 9.94. The summed E-state index contributed by atoms with van der Waals surface area (Å²) in [6.45, 7) is 3.17. The maximum Gasteiger partial charge on any atom is 0.219 e. The van der Waals surface area contributed by atoms with Crippen molar-refractivity contribution < 1.29 is 9.53 Å². The summed E-state index contributed by atoms with van der Waals surface area (Å²) in [5.41, 5.74) is 1.46. The van der Waals surface area contributed by atoms with E-state index in [-0.39, 0.29) is 18.3 Å². The molecule has 8 nitrogen and oxygen atoms in total. The van der Waals surface area contributed by atoms with Crippen molar-refractivity contribution in [2.75, 3.05) is 18.4 Å². The molecular weight excluding hydrogens is 436 g/mol. The molecule has 1 fully saturated rings. The number of carbonyl (C=O) groups is 1. The van der Waals surface area contributed by atoms with Crippen LogP contribution < -0.4 is 10.1 Å². The van der Waals surface area contributed by atoms with Gasteiger partial charge in [0, 0.05) is 49.8 Å². The van der Waals surface area contributed by atoms with Crippen LogP contribution in [0.15, 0.2) is 42.2 Å². The second-order valence-electron chi connectivity index (χ2n) is 6.95. The second kappa shape index (κ2) is 10.2. The smallest absolute Gasteiger partial charge is 0.219 e. The van der Waals surface area contributed by atoms with Crippen LogP contribution in [0.2, 0.25) is 0 Å². The van der Waals surface area contributed by atoms with Gasteiger partial charge in [-0.05, 0) is 25.0 Å². The average Bonchev–Trinajstić information content (AvgIpc) is 3.23. The SMILES string of the molecule is CC(=O)N1CCC(c2csc(Nc3cc(Oc4cnccc4C#N)ccn3)n2)CC1.Cl. The molecule has 0 saturated carbocycles. The minimum atomic E-state index is 0. The minimum Gasteiger partial charge on any atom is -0.454 e. The largest absolute Gasteiger partial charge is 0.454 e. The lowest BCUT2D eigenvalue weighted by Gasteiger charge is -2.30. The molecule has 1 saturated heterocycles. The quantitative estimate of drug-likeness (QED) is 0.603. The van der Waals surface area contributed by atoms with E-state index in [1.165, 1.54) is 17.5 Å². The Bertz CT molecular complexity index is 1090. The molecule has 4 rings (SSSR count). The maximum atomic E-state index is 11.5. The first kappa shape index (κ1) is 22.5. The Labute approximate surface area is 190 Å². The summed E-state index contributed by atoms with van der Waals surface area (Å²) in [7, 11) is 0. The molecule has 3 aromatic heterocycles. The van der Waals surface area contributed by atoms with Crippen molar-refractivity contribution in [2.24, 2.45) is 0 Å². The zero-order valence-corrected chi connectivity index (χ0v) is 18.4. The van der Waals surface area contributed by atoms with E-state index in [4.69, 9.17) is 9.72 Å². The number of nitrogens with one attached hydrogen (secondary N) is 1. The molecule has 10 heteroatoms. The Morgan fingerprint density at radius 3 is 2.87 bits per heavy atom. The lowest BCUT2D eigenvalue weighted by Crippen LogP contribution is -2.36. The van der Waals surface area contributed by atoms with Crippen LogP contribution in [0.5, 0.6) is 11.5 Å². The number of carbonyl (C=O) groups excluding carboxylic acids is 1. The fourth-order valence-electron chi connectivity index (χ4n) is 3.35. The molecule has 4 heterocycles. The van der Waals surface area contributed by atoms with Gasteiger partial charge in [-0.25, -0.2) is 9.97 Å². The van der Waals surface area contributed by atoms with Crippen LogP contribution in [-0.2, 0) is 4.79 Å². The zero-order chi connectivity index (χ0) is 20.9. The van der Waals surface area contributed by atoms with Gasteiger partial charge in [-0.1, -0.05) is 0 Å². The molecule has 1 N–H and O–H groups in total. The topological polar surface area (TPSA) is 104 Å². The Kier molecular flexibility index (Phi) is 7.39. The van der Waals surface area contributed by atoms with Gasteiger partial charge in [-0.2, -0.15) is 5.26 Å². The lowest BCUT2D eigenvalue weighted by molar-refractivity contribution is -0.129. The monoisotopic (exact) mass is 456 g/mol. The highest BCUT2D eigenvalue weighted by Crippen LogP contribution is 2.32. The van der Waals surface area contributed by atoms with Crippen molar-refractivity contribution >= 4 is 40.6 Å². The molecule has 0 radical (unpaired) electrons. The van der Waals surface area contributed by atoms with Gasteiger partial charge in [-0.15, -0.1) is 23.7 Å². The van der Waals surface area contributed by atoms with Gasteiger partial charge in [0.15, 0.2) is 10.9 Å². The van der Waals surface area contributed by atoms with E-state index < -0.39 is 0 Å². The number of hydrogen-bond acceptors (Lipinski definition) is 8. The van der Waals surface area contributed by atoms with Crippen molar-refractivity contribution in [2.45, 2.75) is 25.7 Å². The molecule has 31 heavy (non-hydrogen) atoms. The molecule has 0 bridgehead atoms. The third-order valence-electron chi connectivity index (χ3n) is 4.98. The highest BCUT2D eigenvalue weighted by molar-refractivity contribution is 7.13. The van der Waals surface area contributed by atoms with Gasteiger partial charge in [0.1, 0.15) is 17.6 Å². The highest BCUT2D eigenvalue weighted by atomic mass is 35.5. The second-order valence-corrected chi connectivity index (χ2v) is 7.80. The molecule has 160 valence electrons. The van der Waals surface area contributed by atoms with E-state index in [0.29, 0.717) is 28.8 Å². The third kappa shape index (κ3) is 5.48. The van der Waals surface area contributed by atoms with Crippen molar-refractivity contribution in [3.8, 4) is 17.6 Å². The first-order chi connectivity index (χ1) is 14.6. The van der Waals surface area contributed by atoms with Crippen molar-refractivity contribution in [1.82, 2.24) is 19.9 Å². The van der Waals surface area contributed by atoms with Gasteiger partial charge >= 0.3 is 0 Å². The number of piperidine rings is 1. The van der Waals surface area contributed by atoms with Crippen LogP contribution in [0.1, 0.15) is 36.9 Å². The number of nitrogens with zero attached hydrogens (tertiary/aromatic N) is 5. The van der Waals surface area contributed by atoms with Crippen LogP contribution in [0, 0.1) is 11.3 Å². The van der Waals surface area contributed by atoms with E-state index in [0.717, 1.165) is 36.8 Å². The normalized spacial score (nSPS) is 13.7. The molecule has 1 aliphatic rings. The summed E-state index contributed by atoms with van der Waals surface area (Å²) >= 11 is 1.52. The average molecular weight is 457 g/mol. The molecular formula is C21H21ClN6O2S. The molecule has 0 atom stereocenters. The number of ether oxygens (including phenoxy) is 1. The molecule has 1 amide bonds. The number of likely N-dealkylation sites (tertiary alicyclic amines) is 1. The summed E-state index contributed by atoms with van der Waals surface area (Å²) < 4.78 is 5.79.